The zero-order valence-corrected chi connectivity index (χ0v) is 21.3. The van der Waals surface area contributed by atoms with Crippen LogP contribution in [0.15, 0.2) is 81.2 Å². The van der Waals surface area contributed by atoms with Gasteiger partial charge >= 0.3 is 0 Å². The Morgan fingerprint density at radius 2 is 1.65 bits per heavy atom. The summed E-state index contributed by atoms with van der Waals surface area (Å²) >= 11 is 3.35. The molecule has 8 nitrogen and oxygen atoms in total. The van der Waals surface area contributed by atoms with Gasteiger partial charge in [-0.05, 0) is 48.9 Å². The van der Waals surface area contributed by atoms with Gasteiger partial charge in [-0.1, -0.05) is 45.8 Å². The summed E-state index contributed by atoms with van der Waals surface area (Å²) in [6.07, 6.45) is 1.48. The van der Waals surface area contributed by atoms with Crippen molar-refractivity contribution in [3.05, 3.63) is 82.3 Å². The number of hydrogen-bond donors (Lipinski definition) is 1. The summed E-state index contributed by atoms with van der Waals surface area (Å²) < 4.78 is 39.5. The van der Waals surface area contributed by atoms with Gasteiger partial charge in [0, 0.05) is 10.5 Å². The molecule has 3 rings (SSSR count). The minimum Gasteiger partial charge on any atom is -0.493 e. The highest BCUT2D eigenvalue weighted by Crippen LogP contribution is 2.32. The molecule has 3 aromatic rings. The van der Waals surface area contributed by atoms with Crippen molar-refractivity contribution in [3.8, 4) is 11.5 Å². The number of aryl methyl sites for hydroxylation is 1. The molecule has 0 fully saturated rings. The number of methoxy groups -OCH3 is 2. The van der Waals surface area contributed by atoms with E-state index in [9.17, 15) is 13.2 Å². The molecule has 0 aromatic heterocycles. The van der Waals surface area contributed by atoms with Crippen molar-refractivity contribution in [1.82, 2.24) is 5.43 Å². The lowest BCUT2D eigenvalue weighted by Gasteiger charge is -2.24. The second-order valence-electron chi connectivity index (χ2n) is 7.21. The number of nitrogens with one attached hydrogen (secondary N) is 1. The van der Waals surface area contributed by atoms with Crippen molar-refractivity contribution in [2.75, 3.05) is 25.1 Å². The first-order valence-corrected chi connectivity index (χ1v) is 12.4. The molecule has 0 aliphatic heterocycles. The van der Waals surface area contributed by atoms with Gasteiger partial charge in [0.2, 0.25) is 0 Å². The molecular formula is C24H24BrN3O5S. The fourth-order valence-corrected chi connectivity index (χ4v) is 4.73. The fourth-order valence-electron chi connectivity index (χ4n) is 3.02. The zero-order valence-electron chi connectivity index (χ0n) is 18.9. The molecule has 1 N–H and O–H groups in total. The van der Waals surface area contributed by atoms with Gasteiger partial charge < -0.3 is 9.47 Å². The molecule has 0 saturated heterocycles. The van der Waals surface area contributed by atoms with E-state index >= 15 is 0 Å². The van der Waals surface area contributed by atoms with Gasteiger partial charge in [-0.3, -0.25) is 9.10 Å². The van der Waals surface area contributed by atoms with E-state index in [4.69, 9.17) is 9.47 Å². The number of rotatable bonds is 9. The summed E-state index contributed by atoms with van der Waals surface area (Å²) in [7, 11) is -1.24. The number of nitrogens with zero attached hydrogens (tertiary/aromatic N) is 2. The maximum absolute atomic E-state index is 13.6. The van der Waals surface area contributed by atoms with Crippen molar-refractivity contribution >= 4 is 43.8 Å². The van der Waals surface area contributed by atoms with Gasteiger partial charge in [0.15, 0.2) is 11.5 Å². The molecule has 0 aliphatic carbocycles. The van der Waals surface area contributed by atoms with Crippen molar-refractivity contribution in [2.24, 2.45) is 5.10 Å². The van der Waals surface area contributed by atoms with Crippen LogP contribution in [0, 0.1) is 6.92 Å². The number of amides is 1. The number of hydrogen-bond acceptors (Lipinski definition) is 6. The standard InChI is InChI=1S/C24H24BrN3O5S/c1-17-4-10-20(11-5-17)28(16-24(29)27-26-15-18-6-8-19(25)9-7-18)34(30,31)21-12-13-22(32-2)23(14-21)33-3/h4-15H,16H2,1-3H3,(H,27,29)/b26-15-. The Kier molecular flexibility index (Phi) is 8.30. The third-order valence-corrected chi connectivity index (χ3v) is 7.12. The number of anilines is 1. The van der Waals surface area contributed by atoms with Crippen LogP contribution in [0.2, 0.25) is 0 Å². The molecule has 0 aliphatic rings. The second kappa shape index (κ2) is 11.2. The van der Waals surface area contributed by atoms with Crippen LogP contribution >= 0.6 is 15.9 Å². The van der Waals surface area contributed by atoms with Crippen molar-refractivity contribution < 1.29 is 22.7 Å². The number of carbonyl (C=O) groups is 1. The first-order valence-electron chi connectivity index (χ1n) is 10.1. The highest BCUT2D eigenvalue weighted by Gasteiger charge is 2.28. The molecule has 0 spiro atoms. The molecule has 178 valence electrons. The quantitative estimate of drug-likeness (QED) is 0.322. The van der Waals surface area contributed by atoms with Gasteiger partial charge in [0.25, 0.3) is 15.9 Å². The molecule has 0 unspecified atom stereocenters. The number of carbonyl (C=O) groups excluding carboxylic acids is 1. The van der Waals surface area contributed by atoms with E-state index in [0.717, 1.165) is 19.9 Å². The summed E-state index contributed by atoms with van der Waals surface area (Å²) in [6, 6.07) is 18.4. The molecule has 0 radical (unpaired) electrons. The summed E-state index contributed by atoms with van der Waals surface area (Å²) in [5.74, 6) is 0.0531. The lowest BCUT2D eigenvalue weighted by atomic mass is 10.2. The minimum atomic E-state index is -4.12. The molecule has 0 bridgehead atoms. The lowest BCUT2D eigenvalue weighted by molar-refractivity contribution is -0.119. The molecule has 3 aromatic carbocycles. The van der Waals surface area contributed by atoms with Crippen LogP contribution in [0.3, 0.4) is 0 Å². The molecular weight excluding hydrogens is 522 g/mol. The Balaban J connectivity index is 1.88. The van der Waals surface area contributed by atoms with Crippen LogP contribution in [0.5, 0.6) is 11.5 Å². The summed E-state index contributed by atoms with van der Waals surface area (Å²) in [5.41, 5.74) is 4.46. The largest absolute Gasteiger partial charge is 0.493 e. The maximum atomic E-state index is 13.6. The molecule has 0 atom stereocenters. The van der Waals surface area contributed by atoms with Crippen molar-refractivity contribution in [3.63, 3.8) is 0 Å². The van der Waals surface area contributed by atoms with Crippen LogP contribution < -0.4 is 19.2 Å². The van der Waals surface area contributed by atoms with Crippen molar-refractivity contribution in [2.45, 2.75) is 11.8 Å². The van der Waals surface area contributed by atoms with E-state index in [1.54, 1.807) is 24.3 Å². The number of halogens is 1. The SMILES string of the molecule is COc1ccc(S(=O)(=O)N(CC(=O)N/N=C\c2ccc(Br)cc2)c2ccc(C)cc2)cc1OC. The van der Waals surface area contributed by atoms with Crippen LogP contribution in [-0.2, 0) is 14.8 Å². The second-order valence-corrected chi connectivity index (χ2v) is 9.99. The summed E-state index contributed by atoms with van der Waals surface area (Å²) in [6.45, 7) is 1.41. The average molecular weight is 546 g/mol. The van der Waals surface area contributed by atoms with E-state index < -0.39 is 22.5 Å². The van der Waals surface area contributed by atoms with E-state index in [1.807, 2.05) is 31.2 Å². The Morgan fingerprint density at radius 3 is 2.26 bits per heavy atom. The Labute approximate surface area is 207 Å². The van der Waals surface area contributed by atoms with Crippen LogP contribution in [0.4, 0.5) is 5.69 Å². The topological polar surface area (TPSA) is 97.3 Å². The highest BCUT2D eigenvalue weighted by atomic mass is 79.9. The normalized spacial score (nSPS) is 11.3. The highest BCUT2D eigenvalue weighted by molar-refractivity contribution is 9.10. The first-order chi connectivity index (χ1) is 16.2. The third kappa shape index (κ3) is 6.15. The van der Waals surface area contributed by atoms with E-state index in [-0.39, 0.29) is 10.6 Å². The van der Waals surface area contributed by atoms with Crippen molar-refractivity contribution in [1.29, 1.82) is 0 Å². The van der Waals surface area contributed by atoms with Crippen LogP contribution in [-0.4, -0.2) is 41.3 Å². The Bertz CT molecular complexity index is 1280. The molecule has 0 heterocycles. The van der Waals surface area contributed by atoms with E-state index in [1.165, 1.54) is 38.6 Å². The smallest absolute Gasteiger partial charge is 0.264 e. The predicted molar refractivity (Wildman–Crippen MR) is 135 cm³/mol. The Morgan fingerprint density at radius 1 is 1.00 bits per heavy atom. The van der Waals surface area contributed by atoms with Crippen LogP contribution in [0.25, 0.3) is 0 Å². The summed E-state index contributed by atoms with van der Waals surface area (Å²) in [5, 5.41) is 3.94. The van der Waals surface area contributed by atoms with E-state index in [2.05, 4.69) is 26.5 Å². The third-order valence-electron chi connectivity index (χ3n) is 4.83. The van der Waals surface area contributed by atoms with E-state index in [0.29, 0.717) is 11.4 Å². The Hall–Kier alpha value is -3.37. The maximum Gasteiger partial charge on any atom is 0.264 e. The number of sulfonamides is 1. The number of benzene rings is 3. The average Bonchev–Trinajstić information content (AvgIpc) is 2.84. The molecule has 34 heavy (non-hydrogen) atoms. The number of hydrazone groups is 1. The van der Waals surface area contributed by atoms with Gasteiger partial charge in [-0.25, -0.2) is 13.8 Å². The molecule has 1 amide bonds. The summed E-state index contributed by atoms with van der Waals surface area (Å²) in [4.78, 5) is 12.6. The monoisotopic (exact) mass is 545 g/mol. The van der Waals surface area contributed by atoms with Crippen LogP contribution in [0.1, 0.15) is 11.1 Å². The molecule has 0 saturated carbocycles. The lowest BCUT2D eigenvalue weighted by Crippen LogP contribution is -2.39. The van der Waals surface area contributed by atoms with Gasteiger partial charge in [-0.2, -0.15) is 5.10 Å². The molecule has 10 heteroatoms. The van der Waals surface area contributed by atoms with Gasteiger partial charge in [0.05, 0.1) is 31.0 Å². The first kappa shape index (κ1) is 25.3. The minimum absolute atomic E-state index is 0.0445. The predicted octanol–water partition coefficient (Wildman–Crippen LogP) is 4.12. The fraction of sp³-hybridized carbons (Fsp3) is 0.167. The zero-order chi connectivity index (χ0) is 24.7. The number of ether oxygens (including phenoxy) is 2. The van der Waals surface area contributed by atoms with Gasteiger partial charge in [-0.15, -0.1) is 0 Å². The van der Waals surface area contributed by atoms with Gasteiger partial charge in [0.1, 0.15) is 6.54 Å².